The summed E-state index contributed by atoms with van der Waals surface area (Å²) in [7, 11) is 1.59. The Bertz CT molecular complexity index is 577. The first kappa shape index (κ1) is 13.4. The lowest BCUT2D eigenvalue weighted by atomic mass is 10.1. The van der Waals surface area contributed by atoms with Crippen LogP contribution in [0.1, 0.15) is 24.9 Å². The average Bonchev–Trinajstić information content (AvgIpc) is 2.82. The smallest absolute Gasteiger partial charge is 0.325 e. The molecule has 1 atom stereocenters. The molecular formula is C14H18N2O3. The number of hydrogen-bond acceptors (Lipinski definition) is 3. The Morgan fingerprint density at radius 1 is 1.53 bits per heavy atom. The van der Waals surface area contributed by atoms with Crippen LogP contribution >= 0.6 is 0 Å². The number of H-pyrrole nitrogens is 1. The van der Waals surface area contributed by atoms with Gasteiger partial charge < -0.3 is 20.1 Å². The zero-order valence-electron chi connectivity index (χ0n) is 11.1. The number of methoxy groups -OCH3 is 1. The summed E-state index contributed by atoms with van der Waals surface area (Å²) in [5.41, 5.74) is 1.63. The lowest BCUT2D eigenvalue weighted by molar-refractivity contribution is -0.139. The van der Waals surface area contributed by atoms with Crippen molar-refractivity contribution in [1.29, 1.82) is 0 Å². The van der Waals surface area contributed by atoms with Gasteiger partial charge in [-0.15, -0.1) is 0 Å². The summed E-state index contributed by atoms with van der Waals surface area (Å²) >= 11 is 0. The van der Waals surface area contributed by atoms with Crippen LogP contribution in [-0.2, 0) is 4.79 Å². The molecule has 0 amide bonds. The van der Waals surface area contributed by atoms with Crippen molar-refractivity contribution in [3.05, 3.63) is 30.0 Å². The third kappa shape index (κ3) is 2.71. The van der Waals surface area contributed by atoms with Gasteiger partial charge in [-0.3, -0.25) is 4.79 Å². The van der Waals surface area contributed by atoms with Crippen LogP contribution in [0, 0.1) is 0 Å². The molecule has 0 bridgehead atoms. The summed E-state index contributed by atoms with van der Waals surface area (Å²) in [4.78, 5) is 14.5. The van der Waals surface area contributed by atoms with Gasteiger partial charge in [-0.25, -0.2) is 0 Å². The van der Waals surface area contributed by atoms with E-state index in [9.17, 15) is 9.90 Å². The highest BCUT2D eigenvalue weighted by atomic mass is 16.5. The molecule has 0 fully saturated rings. The second-order valence-electron chi connectivity index (χ2n) is 4.38. The van der Waals surface area contributed by atoms with E-state index < -0.39 is 12.0 Å². The molecule has 5 nitrogen and oxygen atoms in total. The van der Waals surface area contributed by atoms with Gasteiger partial charge in [0.2, 0.25) is 0 Å². The van der Waals surface area contributed by atoms with Gasteiger partial charge in [-0.2, -0.15) is 0 Å². The third-order valence-electron chi connectivity index (χ3n) is 3.08. The number of aromatic amines is 1. The van der Waals surface area contributed by atoms with Gasteiger partial charge in [-0.05, 0) is 31.2 Å². The van der Waals surface area contributed by atoms with Crippen molar-refractivity contribution in [2.45, 2.75) is 19.4 Å². The zero-order valence-corrected chi connectivity index (χ0v) is 11.1. The minimum atomic E-state index is -0.878. The van der Waals surface area contributed by atoms with Crippen LogP contribution in [0.5, 0.6) is 5.75 Å². The van der Waals surface area contributed by atoms with E-state index in [1.807, 2.05) is 25.1 Å². The summed E-state index contributed by atoms with van der Waals surface area (Å²) in [5.74, 6) is -0.162. The van der Waals surface area contributed by atoms with E-state index in [1.165, 1.54) is 0 Å². The summed E-state index contributed by atoms with van der Waals surface area (Å²) in [6, 6.07) is 4.87. The van der Waals surface area contributed by atoms with Crippen molar-refractivity contribution in [1.82, 2.24) is 10.3 Å². The number of benzene rings is 1. The number of carbonyl (C=O) groups is 1. The molecule has 102 valence electrons. The van der Waals surface area contributed by atoms with Crippen molar-refractivity contribution in [3.63, 3.8) is 0 Å². The van der Waals surface area contributed by atoms with Crippen LogP contribution in [0.15, 0.2) is 24.4 Å². The van der Waals surface area contributed by atoms with Crippen LogP contribution < -0.4 is 10.1 Å². The van der Waals surface area contributed by atoms with Crippen LogP contribution in [0.3, 0.4) is 0 Å². The number of ether oxygens (including phenoxy) is 1. The Hall–Kier alpha value is -2.01. The molecule has 2 aromatic rings. The number of hydrogen-bond donors (Lipinski definition) is 3. The molecule has 19 heavy (non-hydrogen) atoms. The summed E-state index contributed by atoms with van der Waals surface area (Å²) in [6.07, 6.45) is 2.63. The Morgan fingerprint density at radius 2 is 2.32 bits per heavy atom. The van der Waals surface area contributed by atoms with Gasteiger partial charge in [0.05, 0.1) is 7.11 Å². The van der Waals surface area contributed by atoms with Crippen molar-refractivity contribution in [2.75, 3.05) is 13.7 Å². The molecule has 0 aliphatic rings. The number of fused-ring (bicyclic) bond motifs is 1. The van der Waals surface area contributed by atoms with Gasteiger partial charge in [0.1, 0.15) is 11.8 Å². The molecule has 1 aromatic carbocycles. The lowest BCUT2D eigenvalue weighted by Gasteiger charge is -2.13. The summed E-state index contributed by atoms with van der Waals surface area (Å²) in [6.45, 7) is 2.66. The quantitative estimate of drug-likeness (QED) is 0.746. The van der Waals surface area contributed by atoms with E-state index in [4.69, 9.17) is 4.74 Å². The van der Waals surface area contributed by atoms with Crippen LogP contribution in [-0.4, -0.2) is 29.7 Å². The van der Waals surface area contributed by atoms with Gasteiger partial charge in [0.15, 0.2) is 0 Å². The molecule has 1 unspecified atom stereocenters. The highest BCUT2D eigenvalue weighted by molar-refractivity contribution is 5.90. The van der Waals surface area contributed by atoms with Crippen molar-refractivity contribution >= 4 is 16.9 Å². The Morgan fingerprint density at radius 3 is 2.95 bits per heavy atom. The topological polar surface area (TPSA) is 74.4 Å². The average molecular weight is 262 g/mol. The predicted molar refractivity (Wildman–Crippen MR) is 73.5 cm³/mol. The normalized spacial score (nSPS) is 12.5. The summed E-state index contributed by atoms with van der Waals surface area (Å²) < 4.78 is 5.19. The SMILES string of the molecule is CCCNC(C(=O)O)c1c[nH]c2ccc(OC)cc12. The monoisotopic (exact) mass is 262 g/mol. The highest BCUT2D eigenvalue weighted by Crippen LogP contribution is 2.28. The fourth-order valence-corrected chi connectivity index (χ4v) is 2.11. The molecule has 0 aliphatic carbocycles. The summed E-state index contributed by atoms with van der Waals surface area (Å²) in [5, 5.41) is 13.3. The first-order chi connectivity index (χ1) is 9.17. The molecule has 0 saturated carbocycles. The van der Waals surface area contributed by atoms with Crippen LogP contribution in [0.4, 0.5) is 0 Å². The molecule has 5 heteroatoms. The van der Waals surface area contributed by atoms with Crippen molar-refractivity contribution in [2.24, 2.45) is 0 Å². The number of aromatic nitrogens is 1. The maximum absolute atomic E-state index is 11.4. The Labute approximate surface area is 111 Å². The molecular weight excluding hydrogens is 244 g/mol. The van der Waals surface area contributed by atoms with Crippen LogP contribution in [0.2, 0.25) is 0 Å². The maximum atomic E-state index is 11.4. The van der Waals surface area contributed by atoms with E-state index in [1.54, 1.807) is 13.3 Å². The minimum Gasteiger partial charge on any atom is -0.497 e. The lowest BCUT2D eigenvalue weighted by Crippen LogP contribution is -2.28. The number of rotatable bonds is 6. The third-order valence-corrected chi connectivity index (χ3v) is 3.08. The molecule has 0 spiro atoms. The van der Waals surface area contributed by atoms with Gasteiger partial charge in [0, 0.05) is 22.7 Å². The minimum absolute atomic E-state index is 0.660. The number of nitrogens with one attached hydrogen (secondary N) is 2. The van der Waals surface area contributed by atoms with Gasteiger partial charge in [-0.1, -0.05) is 6.92 Å². The first-order valence-corrected chi connectivity index (χ1v) is 6.28. The zero-order chi connectivity index (χ0) is 13.8. The molecule has 0 aliphatic heterocycles. The largest absolute Gasteiger partial charge is 0.497 e. The van der Waals surface area contributed by atoms with Gasteiger partial charge >= 0.3 is 5.97 Å². The van der Waals surface area contributed by atoms with Crippen molar-refractivity contribution in [3.8, 4) is 5.75 Å². The molecule has 2 rings (SSSR count). The fraction of sp³-hybridized carbons (Fsp3) is 0.357. The second-order valence-corrected chi connectivity index (χ2v) is 4.38. The van der Waals surface area contributed by atoms with E-state index in [0.29, 0.717) is 12.3 Å². The first-order valence-electron chi connectivity index (χ1n) is 6.28. The molecule has 0 radical (unpaired) electrons. The fourth-order valence-electron chi connectivity index (χ4n) is 2.11. The van der Waals surface area contributed by atoms with Gasteiger partial charge in [0.25, 0.3) is 0 Å². The Kier molecular flexibility index (Phi) is 4.06. The van der Waals surface area contributed by atoms with E-state index in [-0.39, 0.29) is 0 Å². The second kappa shape index (κ2) is 5.75. The van der Waals surface area contributed by atoms with E-state index in [2.05, 4.69) is 10.3 Å². The highest BCUT2D eigenvalue weighted by Gasteiger charge is 2.22. The Balaban J connectivity index is 2.43. The number of carboxylic acid groups (broad SMARTS) is 1. The van der Waals surface area contributed by atoms with Crippen LogP contribution in [0.25, 0.3) is 10.9 Å². The van der Waals surface area contributed by atoms with E-state index in [0.717, 1.165) is 22.9 Å². The number of aliphatic carboxylic acids is 1. The predicted octanol–water partition coefficient (Wildman–Crippen LogP) is 2.30. The van der Waals surface area contributed by atoms with Crippen molar-refractivity contribution < 1.29 is 14.6 Å². The number of carboxylic acids is 1. The molecule has 3 N–H and O–H groups in total. The molecule has 0 saturated heterocycles. The maximum Gasteiger partial charge on any atom is 0.325 e. The standard InChI is InChI=1S/C14H18N2O3/c1-3-6-15-13(14(17)18)11-8-16-12-5-4-9(19-2)7-10(11)12/h4-5,7-8,13,15-16H,3,6H2,1-2H3,(H,17,18). The van der Waals surface area contributed by atoms with E-state index >= 15 is 0 Å². The molecule has 1 heterocycles. The molecule has 1 aromatic heterocycles.